The molecule has 2 heterocycles. The van der Waals surface area contributed by atoms with Gasteiger partial charge in [0.25, 0.3) is 0 Å². The van der Waals surface area contributed by atoms with Crippen LogP contribution in [0.5, 0.6) is 0 Å². The molecule has 3 N–H and O–H groups in total. The van der Waals surface area contributed by atoms with Crippen molar-refractivity contribution in [2.75, 3.05) is 11.6 Å². The van der Waals surface area contributed by atoms with Crippen molar-refractivity contribution in [3.8, 4) is 0 Å². The van der Waals surface area contributed by atoms with Gasteiger partial charge in [0, 0.05) is 29.2 Å². The highest BCUT2D eigenvalue weighted by atomic mass is 32.2. The van der Waals surface area contributed by atoms with Crippen LogP contribution in [-0.2, 0) is 22.6 Å². The van der Waals surface area contributed by atoms with Crippen LogP contribution in [0.3, 0.4) is 0 Å². The largest absolute Gasteiger partial charge is 0.433 e. The molecule has 0 radical (unpaired) electrons. The van der Waals surface area contributed by atoms with Gasteiger partial charge in [-0.15, -0.1) is 0 Å². The first-order valence-electron chi connectivity index (χ1n) is 9.03. The number of H-pyrrole nitrogens is 1. The Bertz CT molecular complexity index is 1170. The molecule has 0 spiro atoms. The van der Waals surface area contributed by atoms with Crippen molar-refractivity contribution in [2.24, 2.45) is 5.92 Å². The molecule has 0 amide bonds. The topological polar surface area (TPSA) is 108 Å². The molecule has 0 saturated carbocycles. The Balaban J connectivity index is 1.99. The summed E-state index contributed by atoms with van der Waals surface area (Å²) in [5.74, 6) is -0.295. The first-order valence-corrected chi connectivity index (χ1v) is 10.9. The van der Waals surface area contributed by atoms with Crippen molar-refractivity contribution in [2.45, 2.75) is 37.6 Å². The molecular weight excluding hydrogens is 421 g/mol. The van der Waals surface area contributed by atoms with Crippen LogP contribution in [0.25, 0.3) is 10.9 Å². The molecule has 162 valence electrons. The Morgan fingerprint density at radius 2 is 1.93 bits per heavy atom. The van der Waals surface area contributed by atoms with Crippen LogP contribution in [0.2, 0.25) is 0 Å². The minimum atomic E-state index is -4.73. The molecule has 0 bridgehead atoms. The summed E-state index contributed by atoms with van der Waals surface area (Å²) in [6, 6.07) is 6.00. The predicted octanol–water partition coefficient (Wildman–Crippen LogP) is 3.68. The number of hydrogen-bond donors (Lipinski definition) is 3. The molecule has 3 aromatic rings. The molecule has 0 fully saturated rings. The van der Waals surface area contributed by atoms with E-state index in [2.05, 4.69) is 20.3 Å². The lowest BCUT2D eigenvalue weighted by Crippen LogP contribution is -2.21. The van der Waals surface area contributed by atoms with Gasteiger partial charge >= 0.3 is 6.18 Å². The van der Waals surface area contributed by atoms with E-state index in [1.165, 1.54) is 12.1 Å². The van der Waals surface area contributed by atoms with E-state index in [1.807, 2.05) is 13.8 Å². The number of alkyl halides is 3. The Hall–Kier alpha value is -2.66. The second-order valence-corrected chi connectivity index (χ2v) is 9.35. The van der Waals surface area contributed by atoms with Gasteiger partial charge < -0.3 is 15.4 Å². The summed E-state index contributed by atoms with van der Waals surface area (Å²) < 4.78 is 63.2. The molecule has 0 aliphatic carbocycles. The predicted molar refractivity (Wildman–Crippen MR) is 106 cm³/mol. The molecule has 7 nitrogen and oxygen atoms in total. The molecule has 0 saturated heterocycles. The molecular formula is C19H21F3N4O3S. The zero-order valence-electron chi connectivity index (χ0n) is 16.4. The van der Waals surface area contributed by atoms with Gasteiger partial charge in [-0.05, 0) is 29.5 Å². The minimum absolute atomic E-state index is 0.0668. The minimum Gasteiger partial charge on any atom is -0.392 e. The molecule has 2 aromatic heterocycles. The fourth-order valence-electron chi connectivity index (χ4n) is 3.11. The summed E-state index contributed by atoms with van der Waals surface area (Å²) in [5.41, 5.74) is -0.366. The lowest BCUT2D eigenvalue weighted by Gasteiger charge is -2.22. The normalized spacial score (nSPS) is 13.7. The number of hydrogen-bond acceptors (Lipinski definition) is 6. The summed E-state index contributed by atoms with van der Waals surface area (Å²) in [4.78, 5) is 10.8. The van der Waals surface area contributed by atoms with Crippen molar-refractivity contribution < 1.29 is 26.7 Å². The van der Waals surface area contributed by atoms with Crippen LogP contribution in [0.15, 0.2) is 35.4 Å². The third-order valence-electron chi connectivity index (χ3n) is 4.63. The van der Waals surface area contributed by atoms with Crippen molar-refractivity contribution in [3.63, 3.8) is 0 Å². The Kier molecular flexibility index (Phi) is 5.79. The van der Waals surface area contributed by atoms with Gasteiger partial charge in [0.15, 0.2) is 15.5 Å². The van der Waals surface area contributed by atoms with Gasteiger partial charge in [0.2, 0.25) is 5.95 Å². The van der Waals surface area contributed by atoms with E-state index < -0.39 is 39.9 Å². The monoisotopic (exact) mass is 442 g/mol. The van der Waals surface area contributed by atoms with E-state index in [0.29, 0.717) is 11.2 Å². The van der Waals surface area contributed by atoms with E-state index in [1.54, 1.807) is 12.1 Å². The summed E-state index contributed by atoms with van der Waals surface area (Å²) in [6.45, 7) is 2.92. The molecule has 11 heteroatoms. The van der Waals surface area contributed by atoms with E-state index in [9.17, 15) is 21.6 Å². The van der Waals surface area contributed by atoms with Crippen molar-refractivity contribution in [3.05, 3.63) is 47.4 Å². The quantitative estimate of drug-likeness (QED) is 0.538. The SMILES string of the molecule is CC(C)[C@@H](Nc1ncc(CO)c(C(F)(F)F)n1)c1cc2ccc(S(C)(=O)=O)cc2[nH]1. The Labute approximate surface area is 171 Å². The molecule has 1 atom stereocenters. The first-order chi connectivity index (χ1) is 13.9. The maximum atomic E-state index is 13.2. The number of aliphatic hydroxyl groups is 1. The number of nitrogens with one attached hydrogen (secondary N) is 2. The number of benzene rings is 1. The third-order valence-corrected chi connectivity index (χ3v) is 5.74. The number of sulfone groups is 1. The smallest absolute Gasteiger partial charge is 0.392 e. The number of rotatable bonds is 6. The van der Waals surface area contributed by atoms with Crippen molar-refractivity contribution in [1.82, 2.24) is 15.0 Å². The summed E-state index contributed by atoms with van der Waals surface area (Å²) >= 11 is 0. The highest BCUT2D eigenvalue weighted by Gasteiger charge is 2.36. The Morgan fingerprint density at radius 3 is 2.50 bits per heavy atom. The fourth-order valence-corrected chi connectivity index (χ4v) is 3.75. The molecule has 0 aliphatic rings. The van der Waals surface area contributed by atoms with E-state index in [-0.39, 0.29) is 16.8 Å². The zero-order chi connectivity index (χ0) is 22.3. The number of anilines is 1. The molecule has 0 aliphatic heterocycles. The standard InChI is InChI=1S/C19H21F3N4O3S/c1-10(2)16(25-18-23-8-12(9-27)17(26-18)19(20,21)22)15-6-11-4-5-13(30(3,28)29)7-14(11)24-15/h4-8,10,16,24,27H,9H2,1-3H3,(H,23,25,26)/t16-/m1/s1. The number of nitrogens with zero attached hydrogens (tertiary/aromatic N) is 2. The van der Waals surface area contributed by atoms with Crippen LogP contribution < -0.4 is 5.32 Å². The van der Waals surface area contributed by atoms with E-state index in [0.717, 1.165) is 17.8 Å². The lowest BCUT2D eigenvalue weighted by atomic mass is 10.0. The average Bonchev–Trinajstić information content (AvgIpc) is 3.07. The first kappa shape index (κ1) is 22.0. The molecule has 1 aromatic carbocycles. The van der Waals surface area contributed by atoms with Gasteiger partial charge in [0.1, 0.15) is 0 Å². The lowest BCUT2D eigenvalue weighted by molar-refractivity contribution is -0.142. The van der Waals surface area contributed by atoms with Gasteiger partial charge in [0.05, 0.1) is 17.5 Å². The zero-order valence-corrected chi connectivity index (χ0v) is 17.3. The average molecular weight is 442 g/mol. The van der Waals surface area contributed by atoms with E-state index >= 15 is 0 Å². The van der Waals surface area contributed by atoms with Gasteiger partial charge in [-0.3, -0.25) is 0 Å². The maximum Gasteiger partial charge on any atom is 0.433 e. The molecule has 3 rings (SSSR count). The van der Waals surface area contributed by atoms with Crippen molar-refractivity contribution in [1.29, 1.82) is 0 Å². The van der Waals surface area contributed by atoms with Gasteiger partial charge in [-0.25, -0.2) is 18.4 Å². The number of aromatic amines is 1. The number of halogens is 3. The van der Waals surface area contributed by atoms with Crippen molar-refractivity contribution >= 4 is 26.7 Å². The van der Waals surface area contributed by atoms with Crippen LogP contribution in [0, 0.1) is 5.92 Å². The molecule has 0 unspecified atom stereocenters. The highest BCUT2D eigenvalue weighted by Crippen LogP contribution is 2.33. The van der Waals surface area contributed by atoms with Crippen LogP contribution in [0.1, 0.15) is 36.8 Å². The summed E-state index contributed by atoms with van der Waals surface area (Å²) in [7, 11) is -3.38. The number of fused-ring (bicyclic) bond motifs is 1. The van der Waals surface area contributed by atoms with Gasteiger partial charge in [-0.2, -0.15) is 13.2 Å². The second kappa shape index (κ2) is 7.88. The Morgan fingerprint density at radius 1 is 1.23 bits per heavy atom. The second-order valence-electron chi connectivity index (χ2n) is 7.34. The van der Waals surface area contributed by atoms with E-state index in [4.69, 9.17) is 5.11 Å². The third kappa shape index (κ3) is 4.57. The summed E-state index contributed by atoms with van der Waals surface area (Å²) in [6.07, 6.45) is -2.67. The fraction of sp³-hybridized carbons (Fsp3) is 0.368. The van der Waals surface area contributed by atoms with Crippen LogP contribution >= 0.6 is 0 Å². The number of aliphatic hydroxyl groups excluding tert-OH is 1. The number of aromatic nitrogens is 3. The molecule has 30 heavy (non-hydrogen) atoms. The highest BCUT2D eigenvalue weighted by molar-refractivity contribution is 7.90. The van der Waals surface area contributed by atoms with Gasteiger partial charge in [-0.1, -0.05) is 19.9 Å². The van der Waals surface area contributed by atoms with Crippen LogP contribution in [-0.4, -0.2) is 34.7 Å². The summed E-state index contributed by atoms with van der Waals surface area (Å²) in [5, 5.41) is 12.8. The maximum absolute atomic E-state index is 13.2. The van der Waals surface area contributed by atoms with Crippen LogP contribution in [0.4, 0.5) is 19.1 Å².